The van der Waals surface area contributed by atoms with Crippen molar-refractivity contribution in [2.45, 2.75) is 26.1 Å². The molecule has 0 unspecified atom stereocenters. The van der Waals surface area contributed by atoms with Crippen molar-refractivity contribution in [3.05, 3.63) is 33.8 Å². The minimum atomic E-state index is -0.858. The molecule has 1 aliphatic rings. The first-order valence-electron chi connectivity index (χ1n) is 5.97. The number of benzene rings is 1. The average Bonchev–Trinajstić information content (AvgIpc) is 2.25. The van der Waals surface area contributed by atoms with E-state index in [2.05, 4.69) is 15.9 Å². The van der Waals surface area contributed by atoms with Crippen LogP contribution in [0.5, 0.6) is 0 Å². The zero-order valence-corrected chi connectivity index (χ0v) is 12.2. The standard InChI is InChI=1S/C13H14BrF2NO2/c1-7-5-17(6-8(2)19-7)13(18)12-10(15)3-9(14)4-11(12)16/h3-4,7-8H,5-6H2,1-2H3/t7-,8+. The second kappa shape index (κ2) is 5.54. The van der Waals surface area contributed by atoms with Crippen molar-refractivity contribution in [2.24, 2.45) is 0 Å². The lowest BCUT2D eigenvalue weighted by molar-refractivity contribution is -0.0588. The van der Waals surface area contributed by atoms with Gasteiger partial charge in [0.2, 0.25) is 0 Å². The van der Waals surface area contributed by atoms with Gasteiger partial charge in [0, 0.05) is 17.6 Å². The van der Waals surface area contributed by atoms with Gasteiger partial charge in [0.05, 0.1) is 12.2 Å². The Morgan fingerprint density at radius 1 is 1.26 bits per heavy atom. The molecule has 0 spiro atoms. The van der Waals surface area contributed by atoms with Crippen LogP contribution in [0.1, 0.15) is 24.2 Å². The third-order valence-corrected chi connectivity index (χ3v) is 3.39. The van der Waals surface area contributed by atoms with Gasteiger partial charge in [-0.1, -0.05) is 15.9 Å². The fourth-order valence-corrected chi connectivity index (χ4v) is 2.65. The summed E-state index contributed by atoms with van der Waals surface area (Å²) >= 11 is 2.99. The van der Waals surface area contributed by atoms with Gasteiger partial charge in [-0.3, -0.25) is 4.79 Å². The van der Waals surface area contributed by atoms with Crippen molar-refractivity contribution in [3.63, 3.8) is 0 Å². The lowest BCUT2D eigenvalue weighted by Gasteiger charge is -2.35. The van der Waals surface area contributed by atoms with Gasteiger partial charge in [0.25, 0.3) is 5.91 Å². The summed E-state index contributed by atoms with van der Waals surface area (Å²) in [4.78, 5) is 13.6. The van der Waals surface area contributed by atoms with E-state index in [1.807, 2.05) is 13.8 Å². The number of rotatable bonds is 1. The Morgan fingerprint density at radius 2 is 1.74 bits per heavy atom. The Morgan fingerprint density at radius 3 is 2.21 bits per heavy atom. The number of nitrogens with zero attached hydrogens (tertiary/aromatic N) is 1. The highest BCUT2D eigenvalue weighted by Gasteiger charge is 2.30. The molecule has 0 radical (unpaired) electrons. The Kier molecular flexibility index (Phi) is 4.20. The van der Waals surface area contributed by atoms with Crippen LogP contribution in [-0.2, 0) is 4.74 Å². The molecule has 1 amide bonds. The fraction of sp³-hybridized carbons (Fsp3) is 0.462. The van der Waals surface area contributed by atoms with Gasteiger partial charge >= 0.3 is 0 Å². The summed E-state index contributed by atoms with van der Waals surface area (Å²) < 4.78 is 33.3. The highest BCUT2D eigenvalue weighted by molar-refractivity contribution is 9.10. The van der Waals surface area contributed by atoms with Crippen LogP contribution in [0, 0.1) is 11.6 Å². The maximum Gasteiger partial charge on any atom is 0.260 e. The predicted molar refractivity (Wildman–Crippen MR) is 70.0 cm³/mol. The molecule has 0 aliphatic carbocycles. The number of halogens is 3. The van der Waals surface area contributed by atoms with Crippen molar-refractivity contribution in [1.82, 2.24) is 4.90 Å². The second-order valence-electron chi connectivity index (χ2n) is 4.71. The van der Waals surface area contributed by atoms with Gasteiger partial charge in [-0.05, 0) is 26.0 Å². The summed E-state index contributed by atoms with van der Waals surface area (Å²) in [5.74, 6) is -2.35. The summed E-state index contributed by atoms with van der Waals surface area (Å²) in [5.41, 5.74) is -0.510. The molecule has 104 valence electrons. The van der Waals surface area contributed by atoms with E-state index in [0.717, 1.165) is 12.1 Å². The van der Waals surface area contributed by atoms with E-state index >= 15 is 0 Å². The summed E-state index contributed by atoms with van der Waals surface area (Å²) in [5, 5.41) is 0. The molecule has 0 aromatic heterocycles. The Labute approximate surface area is 118 Å². The SMILES string of the molecule is C[C@@H]1CN(C(=O)c2c(F)cc(Br)cc2F)C[C@H](C)O1. The molecule has 1 fully saturated rings. The molecule has 1 saturated heterocycles. The summed E-state index contributed by atoms with van der Waals surface area (Å²) in [6.45, 7) is 4.31. The largest absolute Gasteiger partial charge is 0.372 e. The van der Waals surface area contributed by atoms with Gasteiger partial charge in [-0.2, -0.15) is 0 Å². The highest BCUT2D eigenvalue weighted by Crippen LogP contribution is 2.22. The number of ether oxygens (including phenoxy) is 1. The van der Waals surface area contributed by atoms with Crippen LogP contribution < -0.4 is 0 Å². The van der Waals surface area contributed by atoms with Crippen LogP contribution in [0.4, 0.5) is 8.78 Å². The third kappa shape index (κ3) is 3.12. The number of carbonyl (C=O) groups excluding carboxylic acids is 1. The molecule has 0 saturated carbocycles. The zero-order valence-electron chi connectivity index (χ0n) is 10.6. The van der Waals surface area contributed by atoms with E-state index in [1.54, 1.807) is 0 Å². The molecule has 19 heavy (non-hydrogen) atoms. The monoisotopic (exact) mass is 333 g/mol. The van der Waals surface area contributed by atoms with E-state index in [0.29, 0.717) is 13.1 Å². The van der Waals surface area contributed by atoms with Crippen LogP contribution in [0.3, 0.4) is 0 Å². The van der Waals surface area contributed by atoms with Crippen molar-refractivity contribution >= 4 is 21.8 Å². The van der Waals surface area contributed by atoms with Crippen molar-refractivity contribution < 1.29 is 18.3 Å². The van der Waals surface area contributed by atoms with Gasteiger partial charge in [-0.25, -0.2) is 8.78 Å². The smallest absolute Gasteiger partial charge is 0.260 e. The Balaban J connectivity index is 2.29. The molecule has 3 nitrogen and oxygen atoms in total. The number of morpholine rings is 1. The first-order valence-corrected chi connectivity index (χ1v) is 6.77. The van der Waals surface area contributed by atoms with Gasteiger partial charge in [0.1, 0.15) is 17.2 Å². The predicted octanol–water partition coefficient (Wildman–Crippen LogP) is 2.98. The van der Waals surface area contributed by atoms with Crippen molar-refractivity contribution in [3.8, 4) is 0 Å². The molecule has 1 aromatic rings. The van der Waals surface area contributed by atoms with Gasteiger partial charge in [-0.15, -0.1) is 0 Å². The average molecular weight is 334 g/mol. The quantitative estimate of drug-likeness (QED) is 0.790. The normalized spacial score (nSPS) is 23.5. The van der Waals surface area contributed by atoms with Crippen LogP contribution in [0.15, 0.2) is 16.6 Å². The molecule has 6 heteroatoms. The minimum absolute atomic E-state index is 0.144. The van der Waals surface area contributed by atoms with Crippen LogP contribution in [0.25, 0.3) is 0 Å². The first kappa shape index (κ1) is 14.4. The minimum Gasteiger partial charge on any atom is -0.372 e. The summed E-state index contributed by atoms with van der Waals surface area (Å²) in [6.07, 6.45) is -0.288. The number of hydrogen-bond donors (Lipinski definition) is 0. The summed E-state index contributed by atoms with van der Waals surface area (Å²) in [7, 11) is 0. The molecule has 2 rings (SSSR count). The van der Waals surface area contributed by atoms with Crippen molar-refractivity contribution in [1.29, 1.82) is 0 Å². The zero-order chi connectivity index (χ0) is 14.2. The molecule has 1 aliphatic heterocycles. The number of amides is 1. The number of hydrogen-bond acceptors (Lipinski definition) is 2. The van der Waals surface area contributed by atoms with E-state index in [4.69, 9.17) is 4.74 Å². The Bertz CT molecular complexity index is 476. The number of carbonyl (C=O) groups is 1. The molecular weight excluding hydrogens is 320 g/mol. The van der Waals surface area contributed by atoms with E-state index in [1.165, 1.54) is 4.90 Å². The highest BCUT2D eigenvalue weighted by atomic mass is 79.9. The molecule has 1 aromatic carbocycles. The molecule has 0 bridgehead atoms. The van der Waals surface area contributed by atoms with Crippen LogP contribution in [-0.4, -0.2) is 36.1 Å². The molecular formula is C13H14BrF2NO2. The van der Waals surface area contributed by atoms with Crippen LogP contribution >= 0.6 is 15.9 Å². The van der Waals surface area contributed by atoms with Gasteiger partial charge in [0.15, 0.2) is 0 Å². The topological polar surface area (TPSA) is 29.5 Å². The fourth-order valence-electron chi connectivity index (χ4n) is 2.25. The lowest BCUT2D eigenvalue weighted by atomic mass is 10.1. The second-order valence-corrected chi connectivity index (χ2v) is 5.63. The van der Waals surface area contributed by atoms with E-state index in [-0.39, 0.29) is 16.7 Å². The first-order chi connectivity index (χ1) is 8.88. The molecule has 1 heterocycles. The molecule has 2 atom stereocenters. The van der Waals surface area contributed by atoms with Crippen LogP contribution in [0.2, 0.25) is 0 Å². The molecule has 0 N–H and O–H groups in total. The lowest BCUT2D eigenvalue weighted by Crippen LogP contribution is -2.48. The van der Waals surface area contributed by atoms with E-state index < -0.39 is 23.1 Å². The Hall–Kier alpha value is -1.01. The maximum absolute atomic E-state index is 13.8. The van der Waals surface area contributed by atoms with E-state index in [9.17, 15) is 13.6 Å². The van der Waals surface area contributed by atoms with Gasteiger partial charge < -0.3 is 9.64 Å². The third-order valence-electron chi connectivity index (χ3n) is 2.93. The maximum atomic E-state index is 13.8. The summed E-state index contributed by atoms with van der Waals surface area (Å²) in [6, 6.07) is 2.17. The van der Waals surface area contributed by atoms with Crippen molar-refractivity contribution in [2.75, 3.05) is 13.1 Å².